The van der Waals surface area contributed by atoms with Crippen LogP contribution in [0.25, 0.3) is 0 Å². The van der Waals surface area contributed by atoms with Crippen LogP contribution in [0.4, 0.5) is 0 Å². The number of amides is 1. The summed E-state index contributed by atoms with van der Waals surface area (Å²) in [5, 5.41) is 26.1. The van der Waals surface area contributed by atoms with Crippen molar-refractivity contribution in [2.24, 2.45) is 0 Å². The molecule has 0 bridgehead atoms. The molecule has 0 fully saturated rings. The first-order valence-electron chi connectivity index (χ1n) is 5.85. The molecule has 8 nitrogen and oxygen atoms in total. The molecular formula is C13H11N3O5. The topological polar surface area (TPSA) is 132 Å². The molecule has 0 unspecified atom stereocenters. The number of phenols is 1. The predicted molar refractivity (Wildman–Crippen MR) is 70.8 cm³/mol. The Bertz CT molecular complexity index is 723. The van der Waals surface area contributed by atoms with E-state index in [4.69, 9.17) is 0 Å². The number of carbonyl (C=O) groups is 2. The molecule has 21 heavy (non-hydrogen) atoms. The number of aliphatic carboxylic acids is 1. The van der Waals surface area contributed by atoms with Crippen molar-refractivity contribution in [3.8, 4) is 5.75 Å². The Hall–Kier alpha value is -3.16. The van der Waals surface area contributed by atoms with E-state index >= 15 is 0 Å². The Morgan fingerprint density at radius 1 is 1.19 bits per heavy atom. The lowest BCUT2D eigenvalue weighted by Crippen LogP contribution is -2.36. The Labute approximate surface area is 118 Å². The highest BCUT2D eigenvalue weighted by Crippen LogP contribution is 2.17. The SMILES string of the molecule is O=C(N[C@@H](C(=O)O)c1ccc(O)cc1)c1ccn[nH]c1=O. The number of hydrogen-bond donors (Lipinski definition) is 4. The minimum absolute atomic E-state index is 0.0280. The number of phenolic OH excluding ortho intramolecular Hbond substituents is 1. The molecule has 1 aromatic heterocycles. The van der Waals surface area contributed by atoms with Gasteiger partial charge >= 0.3 is 5.97 Å². The van der Waals surface area contributed by atoms with Crippen LogP contribution < -0.4 is 10.9 Å². The maximum absolute atomic E-state index is 11.9. The molecule has 2 aromatic rings. The number of aromatic amines is 1. The number of carboxylic acids is 1. The minimum Gasteiger partial charge on any atom is -0.508 e. The number of rotatable bonds is 4. The van der Waals surface area contributed by atoms with Crippen molar-refractivity contribution in [1.29, 1.82) is 0 Å². The third-order valence-corrected chi connectivity index (χ3v) is 2.72. The van der Waals surface area contributed by atoms with E-state index in [9.17, 15) is 24.6 Å². The number of benzene rings is 1. The van der Waals surface area contributed by atoms with Gasteiger partial charge in [-0.05, 0) is 23.8 Å². The highest BCUT2D eigenvalue weighted by atomic mass is 16.4. The van der Waals surface area contributed by atoms with Crippen molar-refractivity contribution in [2.75, 3.05) is 0 Å². The summed E-state index contributed by atoms with van der Waals surface area (Å²) in [6.07, 6.45) is 1.21. The van der Waals surface area contributed by atoms with E-state index in [0.717, 1.165) is 0 Å². The summed E-state index contributed by atoms with van der Waals surface area (Å²) < 4.78 is 0. The molecule has 108 valence electrons. The third kappa shape index (κ3) is 3.24. The highest BCUT2D eigenvalue weighted by Gasteiger charge is 2.23. The van der Waals surface area contributed by atoms with Crippen molar-refractivity contribution in [3.63, 3.8) is 0 Å². The quantitative estimate of drug-likeness (QED) is 0.627. The number of nitrogens with zero attached hydrogens (tertiary/aromatic N) is 1. The molecule has 1 heterocycles. The fourth-order valence-electron chi connectivity index (χ4n) is 1.69. The third-order valence-electron chi connectivity index (χ3n) is 2.72. The molecule has 8 heteroatoms. The number of nitrogens with one attached hydrogen (secondary N) is 2. The average molecular weight is 289 g/mol. The van der Waals surface area contributed by atoms with E-state index in [1.54, 1.807) is 0 Å². The van der Waals surface area contributed by atoms with Gasteiger partial charge in [0.2, 0.25) is 0 Å². The van der Waals surface area contributed by atoms with Crippen LogP contribution in [-0.4, -0.2) is 32.3 Å². The van der Waals surface area contributed by atoms with Gasteiger partial charge in [0, 0.05) is 6.20 Å². The standard InChI is InChI=1S/C13H11N3O5/c17-8-3-1-7(2-4-8)10(13(20)21)15-11(18)9-5-6-14-16-12(9)19/h1-6,10,17H,(H,15,18)(H,16,19)(H,20,21)/t10-/m1/s1. The van der Waals surface area contributed by atoms with Gasteiger partial charge < -0.3 is 15.5 Å². The lowest BCUT2D eigenvalue weighted by atomic mass is 10.1. The van der Waals surface area contributed by atoms with Gasteiger partial charge in [0.25, 0.3) is 11.5 Å². The normalized spacial score (nSPS) is 11.6. The summed E-state index contributed by atoms with van der Waals surface area (Å²) in [6.45, 7) is 0. The molecule has 0 saturated carbocycles. The number of aromatic hydroxyl groups is 1. The molecule has 0 aliphatic rings. The van der Waals surface area contributed by atoms with Crippen LogP contribution in [0.15, 0.2) is 41.3 Å². The van der Waals surface area contributed by atoms with Gasteiger partial charge in [0.05, 0.1) is 0 Å². The fourth-order valence-corrected chi connectivity index (χ4v) is 1.69. The van der Waals surface area contributed by atoms with E-state index in [2.05, 4.69) is 15.5 Å². The molecule has 1 atom stereocenters. The molecule has 4 N–H and O–H groups in total. The second-order valence-electron chi connectivity index (χ2n) is 4.14. The Morgan fingerprint density at radius 2 is 1.86 bits per heavy atom. The zero-order valence-corrected chi connectivity index (χ0v) is 10.6. The van der Waals surface area contributed by atoms with Crippen LogP contribution in [0.3, 0.4) is 0 Å². The lowest BCUT2D eigenvalue weighted by molar-refractivity contribution is -0.139. The van der Waals surface area contributed by atoms with Crippen LogP contribution in [0.2, 0.25) is 0 Å². The van der Waals surface area contributed by atoms with Gasteiger partial charge in [-0.1, -0.05) is 12.1 Å². The maximum atomic E-state index is 11.9. The fraction of sp³-hybridized carbons (Fsp3) is 0.0769. The molecule has 0 aliphatic heterocycles. The van der Waals surface area contributed by atoms with Gasteiger partial charge in [0.15, 0.2) is 6.04 Å². The predicted octanol–water partition coefficient (Wildman–Crippen LogP) is 0.0312. The first kappa shape index (κ1) is 14.3. The van der Waals surface area contributed by atoms with E-state index < -0.39 is 23.5 Å². The average Bonchev–Trinajstić information content (AvgIpc) is 2.46. The summed E-state index contributed by atoms with van der Waals surface area (Å²) >= 11 is 0. The highest BCUT2D eigenvalue weighted by molar-refractivity contribution is 5.96. The van der Waals surface area contributed by atoms with Gasteiger partial charge in [-0.3, -0.25) is 9.59 Å². The number of carbonyl (C=O) groups excluding carboxylic acids is 1. The van der Waals surface area contributed by atoms with Crippen molar-refractivity contribution < 1.29 is 19.8 Å². The monoisotopic (exact) mass is 289 g/mol. The molecule has 2 rings (SSSR count). The Balaban J connectivity index is 2.27. The van der Waals surface area contributed by atoms with Gasteiger partial charge in [-0.15, -0.1) is 0 Å². The number of hydrogen-bond acceptors (Lipinski definition) is 5. The van der Waals surface area contributed by atoms with Crippen LogP contribution in [0, 0.1) is 0 Å². The largest absolute Gasteiger partial charge is 0.508 e. The van der Waals surface area contributed by atoms with Crippen LogP contribution in [-0.2, 0) is 4.79 Å². The van der Waals surface area contributed by atoms with E-state index in [-0.39, 0.29) is 16.9 Å². The maximum Gasteiger partial charge on any atom is 0.330 e. The second-order valence-corrected chi connectivity index (χ2v) is 4.14. The number of aromatic nitrogens is 2. The van der Waals surface area contributed by atoms with Gasteiger partial charge in [-0.2, -0.15) is 5.10 Å². The molecule has 1 amide bonds. The summed E-state index contributed by atoms with van der Waals surface area (Å²) in [5.41, 5.74) is -0.695. The molecule has 0 aliphatic carbocycles. The molecule has 0 radical (unpaired) electrons. The van der Waals surface area contributed by atoms with Gasteiger partial charge in [-0.25, -0.2) is 9.89 Å². The zero-order chi connectivity index (χ0) is 15.4. The Kier molecular flexibility index (Phi) is 3.98. The van der Waals surface area contributed by atoms with Crippen molar-refractivity contribution >= 4 is 11.9 Å². The van der Waals surface area contributed by atoms with Crippen LogP contribution >= 0.6 is 0 Å². The number of carboxylic acid groups (broad SMARTS) is 1. The van der Waals surface area contributed by atoms with E-state index in [1.165, 1.54) is 36.5 Å². The first-order valence-corrected chi connectivity index (χ1v) is 5.85. The van der Waals surface area contributed by atoms with Crippen molar-refractivity contribution in [2.45, 2.75) is 6.04 Å². The lowest BCUT2D eigenvalue weighted by Gasteiger charge is -2.14. The molecule has 1 aromatic carbocycles. The molecular weight excluding hydrogens is 278 g/mol. The minimum atomic E-state index is -1.34. The summed E-state index contributed by atoms with van der Waals surface area (Å²) in [4.78, 5) is 34.6. The van der Waals surface area contributed by atoms with Crippen LogP contribution in [0.5, 0.6) is 5.75 Å². The second kappa shape index (κ2) is 5.87. The van der Waals surface area contributed by atoms with E-state index in [1.807, 2.05) is 0 Å². The smallest absolute Gasteiger partial charge is 0.330 e. The first-order chi connectivity index (χ1) is 9.99. The zero-order valence-electron chi connectivity index (χ0n) is 10.6. The molecule has 0 saturated heterocycles. The van der Waals surface area contributed by atoms with Crippen molar-refractivity contribution in [3.05, 3.63) is 58.0 Å². The van der Waals surface area contributed by atoms with Gasteiger partial charge in [0.1, 0.15) is 11.3 Å². The van der Waals surface area contributed by atoms with Crippen LogP contribution in [0.1, 0.15) is 22.0 Å². The van der Waals surface area contributed by atoms with Crippen molar-refractivity contribution in [1.82, 2.24) is 15.5 Å². The number of H-pyrrole nitrogens is 1. The van der Waals surface area contributed by atoms with E-state index in [0.29, 0.717) is 0 Å². The summed E-state index contributed by atoms with van der Waals surface area (Å²) in [7, 11) is 0. The summed E-state index contributed by atoms with van der Waals surface area (Å²) in [5.74, 6) is -2.15. The Morgan fingerprint density at radius 3 is 2.43 bits per heavy atom. The summed E-state index contributed by atoms with van der Waals surface area (Å²) in [6, 6.07) is 5.18. The molecule has 0 spiro atoms.